The third-order valence-corrected chi connectivity index (χ3v) is 4.56. The maximum Gasteiger partial charge on any atom is 0.331 e. The van der Waals surface area contributed by atoms with Gasteiger partial charge in [-0.15, -0.1) is 0 Å². The van der Waals surface area contributed by atoms with Gasteiger partial charge in [-0.05, 0) is 30.5 Å². The van der Waals surface area contributed by atoms with Crippen LogP contribution in [0.4, 0.5) is 5.69 Å². The minimum absolute atomic E-state index is 0.0244. The largest absolute Gasteiger partial charge is 0.454 e. The van der Waals surface area contributed by atoms with Gasteiger partial charge >= 0.3 is 5.97 Å². The summed E-state index contributed by atoms with van der Waals surface area (Å²) in [6.07, 6.45) is 5.41. The Morgan fingerprint density at radius 3 is 2.53 bits per heavy atom. The molecular weight excluding hydrogens is 390 g/mol. The Morgan fingerprint density at radius 2 is 1.87 bits per heavy atom. The van der Waals surface area contributed by atoms with Crippen LogP contribution >= 0.6 is 0 Å². The van der Waals surface area contributed by atoms with E-state index in [4.69, 9.17) is 14.2 Å². The van der Waals surface area contributed by atoms with Crippen molar-refractivity contribution in [3.05, 3.63) is 69.3 Å². The number of carbonyl (C=O) groups is 2. The van der Waals surface area contributed by atoms with Crippen LogP contribution in [0.1, 0.15) is 41.3 Å². The summed E-state index contributed by atoms with van der Waals surface area (Å²) in [4.78, 5) is 34.8. The van der Waals surface area contributed by atoms with Gasteiger partial charge in [0.25, 0.3) is 5.69 Å². The third-order valence-electron chi connectivity index (χ3n) is 4.56. The first-order chi connectivity index (χ1) is 14.5. The highest BCUT2D eigenvalue weighted by molar-refractivity contribution is 5.99. The van der Waals surface area contributed by atoms with E-state index in [1.165, 1.54) is 18.2 Å². The van der Waals surface area contributed by atoms with Gasteiger partial charge in [0, 0.05) is 11.6 Å². The van der Waals surface area contributed by atoms with Crippen LogP contribution in [0.15, 0.2) is 42.5 Å². The number of carbonyl (C=O) groups excluding carboxylic acids is 2. The first-order valence-electron chi connectivity index (χ1n) is 9.53. The second kappa shape index (κ2) is 9.69. The van der Waals surface area contributed by atoms with Crippen LogP contribution in [0.5, 0.6) is 11.5 Å². The summed E-state index contributed by atoms with van der Waals surface area (Å²) in [5, 5.41) is 11.2. The van der Waals surface area contributed by atoms with Crippen molar-refractivity contribution in [3.63, 3.8) is 0 Å². The van der Waals surface area contributed by atoms with Crippen molar-refractivity contribution in [2.24, 2.45) is 0 Å². The molecule has 0 bridgehead atoms. The fourth-order valence-electron chi connectivity index (χ4n) is 2.90. The Kier molecular flexibility index (Phi) is 6.79. The van der Waals surface area contributed by atoms with Gasteiger partial charge in [0.05, 0.1) is 16.6 Å². The van der Waals surface area contributed by atoms with Gasteiger partial charge < -0.3 is 14.2 Å². The molecule has 0 spiro atoms. The average molecular weight is 411 g/mol. The first-order valence-corrected chi connectivity index (χ1v) is 9.53. The number of aryl methyl sites for hydroxylation is 1. The second-order valence-corrected chi connectivity index (χ2v) is 6.69. The predicted molar refractivity (Wildman–Crippen MR) is 109 cm³/mol. The summed E-state index contributed by atoms with van der Waals surface area (Å²) in [7, 11) is 0. The molecule has 30 heavy (non-hydrogen) atoms. The fraction of sp³-hybridized carbons (Fsp3) is 0.273. The molecule has 0 atom stereocenters. The molecule has 0 aromatic heterocycles. The molecule has 8 nitrogen and oxygen atoms in total. The smallest absolute Gasteiger partial charge is 0.331 e. The number of hydrogen-bond acceptors (Lipinski definition) is 7. The minimum Gasteiger partial charge on any atom is -0.454 e. The number of esters is 1. The van der Waals surface area contributed by atoms with Crippen LogP contribution in [0.2, 0.25) is 0 Å². The van der Waals surface area contributed by atoms with E-state index in [0.29, 0.717) is 11.3 Å². The molecule has 8 heteroatoms. The molecule has 156 valence electrons. The maximum atomic E-state index is 12.2. The van der Waals surface area contributed by atoms with Crippen molar-refractivity contribution in [2.75, 3.05) is 13.4 Å². The van der Waals surface area contributed by atoms with E-state index in [9.17, 15) is 19.7 Å². The number of nitrogens with zero attached hydrogens (tertiary/aromatic N) is 1. The predicted octanol–water partition coefficient (Wildman–Crippen LogP) is 4.11. The zero-order chi connectivity index (χ0) is 21.5. The van der Waals surface area contributed by atoms with E-state index >= 15 is 0 Å². The lowest BCUT2D eigenvalue weighted by molar-refractivity contribution is -0.385. The molecule has 0 N–H and O–H groups in total. The van der Waals surface area contributed by atoms with Gasteiger partial charge in [-0.25, -0.2) is 4.79 Å². The Morgan fingerprint density at radius 1 is 1.17 bits per heavy atom. The number of fused-ring (bicyclic) bond motifs is 1. The van der Waals surface area contributed by atoms with Crippen molar-refractivity contribution >= 4 is 23.5 Å². The summed E-state index contributed by atoms with van der Waals surface area (Å²) in [5.74, 6) is -0.485. The van der Waals surface area contributed by atoms with E-state index in [-0.39, 0.29) is 29.6 Å². The van der Waals surface area contributed by atoms with Crippen LogP contribution in [0.25, 0.3) is 6.08 Å². The number of nitro groups is 1. The zero-order valence-corrected chi connectivity index (χ0v) is 16.5. The summed E-state index contributed by atoms with van der Waals surface area (Å²) in [5.41, 5.74) is 1.54. The fourth-order valence-corrected chi connectivity index (χ4v) is 2.90. The van der Waals surface area contributed by atoms with Crippen LogP contribution in [0.3, 0.4) is 0 Å². The van der Waals surface area contributed by atoms with Crippen LogP contribution in [-0.4, -0.2) is 30.1 Å². The lowest BCUT2D eigenvalue weighted by Gasteiger charge is -2.04. The average Bonchev–Trinajstić information content (AvgIpc) is 3.21. The van der Waals surface area contributed by atoms with E-state index in [2.05, 4.69) is 6.92 Å². The topological polar surface area (TPSA) is 105 Å². The molecule has 0 aliphatic carbocycles. The first kappa shape index (κ1) is 21.0. The number of benzene rings is 2. The number of nitro benzene ring substituents is 1. The molecule has 0 fully saturated rings. The van der Waals surface area contributed by atoms with Gasteiger partial charge in [-0.1, -0.05) is 37.6 Å². The van der Waals surface area contributed by atoms with Gasteiger partial charge in [0.1, 0.15) is 0 Å². The van der Waals surface area contributed by atoms with Crippen LogP contribution < -0.4 is 9.47 Å². The molecule has 0 saturated heterocycles. The molecule has 0 radical (unpaired) electrons. The van der Waals surface area contributed by atoms with E-state index in [1.54, 1.807) is 12.1 Å². The Labute approximate surface area is 173 Å². The van der Waals surface area contributed by atoms with Gasteiger partial charge in [0.15, 0.2) is 23.9 Å². The summed E-state index contributed by atoms with van der Waals surface area (Å²) in [6.45, 7) is 1.68. The Hall–Kier alpha value is -3.68. The summed E-state index contributed by atoms with van der Waals surface area (Å²) < 4.78 is 15.3. The van der Waals surface area contributed by atoms with Crippen molar-refractivity contribution in [1.29, 1.82) is 0 Å². The number of ketones is 1. The monoisotopic (exact) mass is 411 g/mol. The normalized spacial score (nSPS) is 12.2. The second-order valence-electron chi connectivity index (χ2n) is 6.69. The molecule has 0 saturated carbocycles. The van der Waals surface area contributed by atoms with E-state index in [0.717, 1.165) is 30.9 Å². The molecule has 0 unspecified atom stereocenters. The number of ether oxygens (including phenoxy) is 3. The highest BCUT2D eigenvalue weighted by atomic mass is 16.7. The molecule has 3 rings (SSSR count). The molecule has 1 aliphatic rings. The van der Waals surface area contributed by atoms with E-state index in [1.807, 2.05) is 12.1 Å². The Balaban J connectivity index is 1.59. The lowest BCUT2D eigenvalue weighted by atomic mass is 10.0. The number of unbranched alkanes of at least 4 members (excludes halogenated alkanes) is 1. The molecule has 1 aliphatic heterocycles. The maximum absolute atomic E-state index is 12.2. The van der Waals surface area contributed by atoms with Crippen LogP contribution in [0, 0.1) is 10.1 Å². The lowest BCUT2D eigenvalue weighted by Crippen LogP contribution is -2.12. The van der Waals surface area contributed by atoms with Crippen molar-refractivity contribution < 1.29 is 28.7 Å². The molecule has 2 aromatic carbocycles. The molecular formula is C22H21NO7. The highest BCUT2D eigenvalue weighted by Crippen LogP contribution is 2.38. The molecule has 0 amide bonds. The number of hydrogen-bond donors (Lipinski definition) is 0. The van der Waals surface area contributed by atoms with Crippen LogP contribution in [-0.2, 0) is 16.0 Å². The number of Topliss-reactive ketones (excluding diaryl/α,β-unsaturated/α-hetero) is 1. The molecule has 1 heterocycles. The quantitative estimate of drug-likeness (QED) is 0.201. The summed E-state index contributed by atoms with van der Waals surface area (Å²) in [6, 6.07) is 9.86. The van der Waals surface area contributed by atoms with Gasteiger partial charge in [-0.3, -0.25) is 14.9 Å². The highest BCUT2D eigenvalue weighted by Gasteiger charge is 2.22. The number of rotatable bonds is 9. The van der Waals surface area contributed by atoms with Gasteiger partial charge in [-0.2, -0.15) is 0 Å². The third kappa shape index (κ3) is 5.22. The van der Waals surface area contributed by atoms with Crippen molar-refractivity contribution in [2.45, 2.75) is 26.2 Å². The van der Waals surface area contributed by atoms with Gasteiger partial charge in [0.2, 0.25) is 6.79 Å². The minimum atomic E-state index is -0.783. The SMILES string of the molecule is CCCCc1ccc(C(=O)COC(=O)/C=C/c2cc3c(cc2[N+](=O)[O-])OCO3)cc1. The zero-order valence-electron chi connectivity index (χ0n) is 16.5. The Bertz CT molecular complexity index is 980. The van der Waals surface area contributed by atoms with Crippen molar-refractivity contribution in [3.8, 4) is 11.5 Å². The molecule has 2 aromatic rings. The summed E-state index contributed by atoms with van der Waals surface area (Å²) >= 11 is 0. The van der Waals surface area contributed by atoms with E-state index < -0.39 is 17.5 Å². The standard InChI is InChI=1S/C22H21NO7/c1-2-3-4-15-5-7-16(8-6-15)19(24)13-28-22(25)10-9-17-11-20-21(30-14-29-20)12-18(17)23(26)27/h5-12H,2-4,13-14H2,1H3/b10-9+. The van der Waals surface area contributed by atoms with Crippen molar-refractivity contribution in [1.82, 2.24) is 0 Å².